The van der Waals surface area contributed by atoms with Crippen LogP contribution < -0.4 is 10.6 Å². The van der Waals surface area contributed by atoms with Crippen molar-refractivity contribution < 1.29 is 27.3 Å². The van der Waals surface area contributed by atoms with Crippen molar-refractivity contribution >= 4 is 22.7 Å². The van der Waals surface area contributed by atoms with Crippen molar-refractivity contribution in [1.29, 1.82) is 0 Å². The second-order valence-corrected chi connectivity index (χ2v) is 7.55. The Kier molecular flexibility index (Phi) is 7.42. The number of hydrogen-bond donors (Lipinski definition) is 3. The molecule has 0 aliphatic carbocycles. The molecule has 1 saturated heterocycles. The van der Waals surface area contributed by atoms with Crippen LogP contribution in [0, 0.1) is 0 Å². The molecule has 1 aromatic carbocycles. The first kappa shape index (κ1) is 20.7. The lowest BCUT2D eigenvalue weighted by Gasteiger charge is -2.31. The molecule has 1 aliphatic heterocycles. The first-order valence-corrected chi connectivity index (χ1v) is 9.56. The molecule has 0 spiro atoms. The van der Waals surface area contributed by atoms with Crippen LogP contribution in [0.3, 0.4) is 0 Å². The highest BCUT2D eigenvalue weighted by molar-refractivity contribution is 7.82. The average Bonchev–Trinajstić information content (AvgIpc) is 2.60. The molecule has 0 radical (unpaired) electrons. The fourth-order valence-electron chi connectivity index (χ4n) is 2.62. The maximum atomic E-state index is 12.5. The molecular formula is C16H22F3N3O3S. The van der Waals surface area contributed by atoms with E-state index in [0.717, 1.165) is 12.1 Å². The van der Waals surface area contributed by atoms with Crippen molar-refractivity contribution in [2.45, 2.75) is 31.5 Å². The molecule has 26 heavy (non-hydrogen) atoms. The third-order valence-corrected chi connectivity index (χ3v) is 5.60. The summed E-state index contributed by atoms with van der Waals surface area (Å²) in [4.78, 5) is 12.0. The van der Waals surface area contributed by atoms with Crippen LogP contribution >= 0.6 is 0 Å². The molecule has 146 valence electrons. The van der Waals surface area contributed by atoms with E-state index in [1.165, 1.54) is 12.1 Å². The number of rotatable bonds is 6. The minimum atomic E-state index is -4.41. The van der Waals surface area contributed by atoms with Crippen LogP contribution in [-0.4, -0.2) is 51.1 Å². The van der Waals surface area contributed by atoms with Gasteiger partial charge in [-0.1, -0.05) is 0 Å². The van der Waals surface area contributed by atoms with Crippen molar-refractivity contribution in [3.05, 3.63) is 29.8 Å². The Hall–Kier alpha value is -1.65. The molecule has 1 atom stereocenters. The minimum absolute atomic E-state index is 0.00782. The molecule has 2 rings (SSSR count). The van der Waals surface area contributed by atoms with E-state index in [1.807, 2.05) is 4.31 Å². The molecule has 10 heteroatoms. The van der Waals surface area contributed by atoms with Crippen molar-refractivity contribution in [3.8, 4) is 0 Å². The standard InChI is InChI=1S/C16H22F3N3O3S/c17-16(18,19)12-2-4-13(5-3-12)20-15(24)21-14-6-8-22(9-7-14)26(25)11-1-10-23/h2-5,14,23H,1,6-11H2,(H2,20,21,24). The Balaban J connectivity index is 1.76. The number of hydrogen-bond acceptors (Lipinski definition) is 3. The lowest BCUT2D eigenvalue weighted by Crippen LogP contribution is -2.46. The number of amides is 2. The van der Waals surface area contributed by atoms with Gasteiger partial charge in [-0.15, -0.1) is 0 Å². The highest BCUT2D eigenvalue weighted by Gasteiger charge is 2.30. The Morgan fingerprint density at radius 1 is 1.23 bits per heavy atom. The zero-order valence-electron chi connectivity index (χ0n) is 14.1. The normalized spacial score (nSPS) is 17.7. The second-order valence-electron chi connectivity index (χ2n) is 5.98. The summed E-state index contributed by atoms with van der Waals surface area (Å²) in [6.45, 7) is 1.15. The number of carbonyl (C=O) groups is 1. The van der Waals surface area contributed by atoms with Gasteiger partial charge >= 0.3 is 12.2 Å². The van der Waals surface area contributed by atoms with E-state index in [0.29, 0.717) is 38.1 Å². The molecule has 6 nitrogen and oxygen atoms in total. The molecule has 2 amide bonds. The fourth-order valence-corrected chi connectivity index (χ4v) is 3.87. The summed E-state index contributed by atoms with van der Waals surface area (Å²) in [5.74, 6) is 0.420. The molecule has 1 aliphatic rings. The second kappa shape index (κ2) is 9.33. The van der Waals surface area contributed by atoms with Gasteiger partial charge in [0, 0.05) is 37.2 Å². The number of aliphatic hydroxyl groups is 1. The van der Waals surface area contributed by atoms with Crippen LogP contribution in [0.15, 0.2) is 24.3 Å². The van der Waals surface area contributed by atoms with Crippen LogP contribution in [0.25, 0.3) is 0 Å². The zero-order valence-corrected chi connectivity index (χ0v) is 14.9. The molecule has 0 saturated carbocycles. The lowest BCUT2D eigenvalue weighted by atomic mass is 10.1. The predicted octanol–water partition coefficient (Wildman–Crippen LogP) is 2.34. The monoisotopic (exact) mass is 393 g/mol. The largest absolute Gasteiger partial charge is 0.416 e. The number of urea groups is 1. The first-order valence-electron chi connectivity index (χ1n) is 8.28. The van der Waals surface area contributed by atoms with Crippen molar-refractivity contribution in [2.24, 2.45) is 0 Å². The van der Waals surface area contributed by atoms with E-state index in [4.69, 9.17) is 5.11 Å². The Morgan fingerprint density at radius 2 is 1.85 bits per heavy atom. The molecule has 3 N–H and O–H groups in total. The summed E-state index contributed by atoms with van der Waals surface area (Å²) in [6.07, 6.45) is -2.66. The third kappa shape index (κ3) is 6.26. The Morgan fingerprint density at radius 3 is 2.38 bits per heavy atom. The summed E-state index contributed by atoms with van der Waals surface area (Å²) in [6, 6.07) is 3.66. The predicted molar refractivity (Wildman–Crippen MR) is 92.9 cm³/mol. The highest BCUT2D eigenvalue weighted by Crippen LogP contribution is 2.29. The van der Waals surface area contributed by atoms with E-state index in [2.05, 4.69) is 10.6 Å². The molecular weight excluding hydrogens is 371 g/mol. The van der Waals surface area contributed by atoms with E-state index < -0.39 is 28.8 Å². The number of benzene rings is 1. The Labute approximate surface area is 152 Å². The maximum absolute atomic E-state index is 12.5. The van der Waals surface area contributed by atoms with Gasteiger partial charge in [0.1, 0.15) is 0 Å². The molecule has 0 aromatic heterocycles. The van der Waals surface area contributed by atoms with Crippen molar-refractivity contribution in [1.82, 2.24) is 9.62 Å². The van der Waals surface area contributed by atoms with Gasteiger partial charge in [0.15, 0.2) is 0 Å². The van der Waals surface area contributed by atoms with Crippen LogP contribution in [-0.2, 0) is 17.2 Å². The van der Waals surface area contributed by atoms with Gasteiger partial charge in [-0.25, -0.2) is 13.3 Å². The quantitative estimate of drug-likeness (QED) is 0.694. The summed E-state index contributed by atoms with van der Waals surface area (Å²) in [5, 5.41) is 14.1. The third-order valence-electron chi connectivity index (χ3n) is 4.02. The van der Waals surface area contributed by atoms with Crippen molar-refractivity contribution in [2.75, 3.05) is 30.8 Å². The van der Waals surface area contributed by atoms with Crippen LogP contribution in [0.1, 0.15) is 24.8 Å². The van der Waals surface area contributed by atoms with Gasteiger partial charge in [0.25, 0.3) is 0 Å². The summed E-state index contributed by atoms with van der Waals surface area (Å²) in [7, 11) is -1.12. The number of piperidine rings is 1. The van der Waals surface area contributed by atoms with Gasteiger partial charge in [-0.05, 0) is 43.5 Å². The van der Waals surface area contributed by atoms with E-state index >= 15 is 0 Å². The summed E-state index contributed by atoms with van der Waals surface area (Å²) in [5.41, 5.74) is -0.497. The van der Waals surface area contributed by atoms with Gasteiger partial charge in [-0.2, -0.15) is 13.2 Å². The fraction of sp³-hybridized carbons (Fsp3) is 0.562. The number of nitrogens with zero attached hydrogens (tertiary/aromatic N) is 1. The molecule has 1 fully saturated rings. The van der Waals surface area contributed by atoms with Crippen LogP contribution in [0.2, 0.25) is 0 Å². The van der Waals surface area contributed by atoms with E-state index in [-0.39, 0.29) is 18.3 Å². The van der Waals surface area contributed by atoms with Crippen LogP contribution in [0.4, 0.5) is 23.7 Å². The smallest absolute Gasteiger partial charge is 0.396 e. The Bertz CT molecular complexity index is 617. The SMILES string of the molecule is O=C(Nc1ccc(C(F)(F)F)cc1)NC1CCN(S(=O)CCCO)CC1. The van der Waals surface area contributed by atoms with Gasteiger partial charge < -0.3 is 15.7 Å². The number of anilines is 1. The topological polar surface area (TPSA) is 81.7 Å². The van der Waals surface area contributed by atoms with Gasteiger partial charge in [-0.3, -0.25) is 0 Å². The molecule has 1 aromatic rings. The summed E-state index contributed by atoms with van der Waals surface area (Å²) >= 11 is 0. The van der Waals surface area contributed by atoms with Gasteiger partial charge in [0.05, 0.1) is 16.5 Å². The highest BCUT2D eigenvalue weighted by atomic mass is 32.2. The van der Waals surface area contributed by atoms with Crippen LogP contribution in [0.5, 0.6) is 0 Å². The molecule has 1 heterocycles. The lowest BCUT2D eigenvalue weighted by molar-refractivity contribution is -0.137. The molecule has 0 bridgehead atoms. The summed E-state index contributed by atoms with van der Waals surface area (Å²) < 4.78 is 51.3. The van der Waals surface area contributed by atoms with E-state index in [9.17, 15) is 22.2 Å². The zero-order chi connectivity index (χ0) is 19.2. The number of carbonyl (C=O) groups excluding carboxylic acids is 1. The average molecular weight is 393 g/mol. The number of aliphatic hydroxyl groups excluding tert-OH is 1. The maximum Gasteiger partial charge on any atom is 0.416 e. The van der Waals surface area contributed by atoms with E-state index in [1.54, 1.807) is 0 Å². The minimum Gasteiger partial charge on any atom is -0.396 e. The number of alkyl halides is 3. The first-order chi connectivity index (χ1) is 12.3. The van der Waals surface area contributed by atoms with Crippen molar-refractivity contribution in [3.63, 3.8) is 0 Å². The van der Waals surface area contributed by atoms with Gasteiger partial charge in [0.2, 0.25) is 0 Å². The molecule has 1 unspecified atom stereocenters. The number of nitrogens with one attached hydrogen (secondary N) is 2. The number of halogens is 3.